The molecule has 2 N–H and O–H groups in total. The Kier molecular flexibility index (Phi) is 3.17. The van der Waals surface area contributed by atoms with Crippen molar-refractivity contribution in [3.8, 4) is 5.75 Å². The lowest BCUT2D eigenvalue weighted by Crippen LogP contribution is -2.28. The molecule has 20 heavy (non-hydrogen) atoms. The first-order chi connectivity index (χ1) is 9.22. The summed E-state index contributed by atoms with van der Waals surface area (Å²) in [6, 6.07) is 6.38. The highest BCUT2D eigenvalue weighted by Gasteiger charge is 2.28. The number of para-hydroxylation sites is 1. The van der Waals surface area contributed by atoms with Crippen LogP contribution in [0.1, 0.15) is 31.3 Å². The summed E-state index contributed by atoms with van der Waals surface area (Å²) in [6.07, 6.45) is -0.841. The number of carbonyl (C=O) groups excluding carboxylic acids is 1. The molecule has 0 amide bonds. The first-order valence-electron chi connectivity index (χ1n) is 6.01. The van der Waals surface area contributed by atoms with Gasteiger partial charge in [0.15, 0.2) is 11.4 Å². The van der Waals surface area contributed by atoms with Gasteiger partial charge in [-0.1, -0.05) is 12.1 Å². The van der Waals surface area contributed by atoms with Crippen molar-refractivity contribution in [2.45, 2.75) is 26.4 Å². The second kappa shape index (κ2) is 4.56. The molecule has 1 aromatic carbocycles. The van der Waals surface area contributed by atoms with Crippen molar-refractivity contribution >= 4 is 23.0 Å². The maximum absolute atomic E-state index is 12.2. The van der Waals surface area contributed by atoms with E-state index in [1.54, 1.807) is 39.0 Å². The molecule has 0 aliphatic rings. The molecule has 0 unspecified atom stereocenters. The molecule has 0 fully saturated rings. The number of rotatable bonds is 1. The van der Waals surface area contributed by atoms with Crippen LogP contribution in [-0.4, -0.2) is 32.4 Å². The summed E-state index contributed by atoms with van der Waals surface area (Å²) in [5, 5.41) is 19.5. The quantitative estimate of drug-likeness (QED) is 0.836. The minimum Gasteiger partial charge on any atom is -0.505 e. The predicted octanol–water partition coefficient (Wildman–Crippen LogP) is 2.83. The van der Waals surface area contributed by atoms with Crippen LogP contribution in [0.5, 0.6) is 5.75 Å². The topological polar surface area (TPSA) is 88.8 Å². The van der Waals surface area contributed by atoms with Gasteiger partial charge in [0.05, 0.1) is 5.52 Å². The van der Waals surface area contributed by atoms with E-state index < -0.39 is 29.1 Å². The molecule has 2 aromatic rings. The lowest BCUT2D eigenvalue weighted by molar-refractivity contribution is 0.0510. The lowest BCUT2D eigenvalue weighted by atomic mass is 10.2. The summed E-state index contributed by atoms with van der Waals surface area (Å²) in [6.45, 7) is 5.03. The molecule has 0 spiro atoms. The van der Waals surface area contributed by atoms with Gasteiger partial charge in [-0.2, -0.15) is 0 Å². The molecule has 2 rings (SSSR count). The molecule has 0 saturated carbocycles. The van der Waals surface area contributed by atoms with Crippen LogP contribution in [0.3, 0.4) is 0 Å². The van der Waals surface area contributed by atoms with Crippen molar-refractivity contribution in [2.24, 2.45) is 0 Å². The fourth-order valence-electron chi connectivity index (χ4n) is 1.92. The monoisotopic (exact) mass is 277 g/mol. The molecule has 0 atom stereocenters. The van der Waals surface area contributed by atoms with Gasteiger partial charge >= 0.3 is 12.1 Å². The van der Waals surface area contributed by atoms with E-state index in [1.807, 2.05) is 0 Å². The summed E-state index contributed by atoms with van der Waals surface area (Å²) in [4.78, 5) is 23.5. The maximum Gasteiger partial charge on any atom is 0.419 e. The normalized spacial score (nSPS) is 11.6. The maximum atomic E-state index is 12.2. The minimum atomic E-state index is -1.40. The third kappa shape index (κ3) is 2.32. The van der Waals surface area contributed by atoms with Crippen LogP contribution in [0.15, 0.2) is 24.3 Å². The Balaban J connectivity index is 2.70. The SMILES string of the molecule is CC(C)(C)OC(=O)n1c(C(=O)O)c(O)c2ccccc21. The van der Waals surface area contributed by atoms with Crippen LogP contribution in [0, 0.1) is 0 Å². The smallest absolute Gasteiger partial charge is 0.419 e. The highest BCUT2D eigenvalue weighted by molar-refractivity contribution is 6.05. The molecule has 0 bridgehead atoms. The number of hydrogen-bond acceptors (Lipinski definition) is 4. The van der Waals surface area contributed by atoms with Gasteiger partial charge in [-0.3, -0.25) is 0 Å². The zero-order valence-electron chi connectivity index (χ0n) is 11.4. The van der Waals surface area contributed by atoms with E-state index in [1.165, 1.54) is 6.07 Å². The fraction of sp³-hybridized carbons (Fsp3) is 0.286. The number of fused-ring (bicyclic) bond motifs is 1. The number of carboxylic acid groups (broad SMARTS) is 1. The van der Waals surface area contributed by atoms with Crippen molar-refractivity contribution < 1.29 is 24.5 Å². The van der Waals surface area contributed by atoms with Crippen molar-refractivity contribution in [2.75, 3.05) is 0 Å². The second-order valence-electron chi connectivity index (χ2n) is 5.34. The van der Waals surface area contributed by atoms with Crippen LogP contribution in [0.25, 0.3) is 10.9 Å². The highest BCUT2D eigenvalue weighted by Crippen LogP contribution is 2.32. The zero-order chi connectivity index (χ0) is 15.1. The Morgan fingerprint density at radius 1 is 1.20 bits per heavy atom. The van der Waals surface area contributed by atoms with E-state index >= 15 is 0 Å². The Morgan fingerprint density at radius 3 is 2.35 bits per heavy atom. The molecule has 0 aliphatic carbocycles. The number of carboxylic acids is 1. The number of aromatic carboxylic acids is 1. The summed E-state index contributed by atoms with van der Waals surface area (Å²) < 4.78 is 6.06. The molecular weight excluding hydrogens is 262 g/mol. The van der Waals surface area contributed by atoms with Crippen LogP contribution in [0.2, 0.25) is 0 Å². The fourth-order valence-corrected chi connectivity index (χ4v) is 1.92. The summed E-state index contributed by atoms with van der Waals surface area (Å²) in [5.74, 6) is -1.84. The number of hydrogen-bond donors (Lipinski definition) is 2. The van der Waals surface area contributed by atoms with Crippen molar-refractivity contribution in [3.05, 3.63) is 30.0 Å². The molecule has 6 heteroatoms. The van der Waals surface area contributed by atoms with Crippen LogP contribution >= 0.6 is 0 Å². The molecule has 0 saturated heterocycles. The van der Waals surface area contributed by atoms with Gasteiger partial charge in [0.2, 0.25) is 0 Å². The molecule has 1 aromatic heterocycles. The average Bonchev–Trinajstić information content (AvgIpc) is 2.61. The largest absolute Gasteiger partial charge is 0.505 e. The molecule has 106 valence electrons. The second-order valence-corrected chi connectivity index (χ2v) is 5.34. The van der Waals surface area contributed by atoms with Crippen LogP contribution < -0.4 is 0 Å². The van der Waals surface area contributed by atoms with Crippen LogP contribution in [-0.2, 0) is 4.74 Å². The Labute approximate surface area is 115 Å². The van der Waals surface area contributed by atoms with E-state index in [2.05, 4.69) is 0 Å². The van der Waals surface area contributed by atoms with Crippen molar-refractivity contribution in [1.29, 1.82) is 0 Å². The van der Waals surface area contributed by atoms with Gasteiger partial charge < -0.3 is 14.9 Å². The number of carbonyl (C=O) groups is 2. The van der Waals surface area contributed by atoms with Gasteiger partial charge in [0.1, 0.15) is 5.60 Å². The average molecular weight is 277 g/mol. The van der Waals surface area contributed by atoms with Crippen molar-refractivity contribution in [3.63, 3.8) is 0 Å². The number of ether oxygens (including phenoxy) is 1. The van der Waals surface area contributed by atoms with E-state index in [4.69, 9.17) is 4.74 Å². The van der Waals surface area contributed by atoms with E-state index in [9.17, 15) is 19.8 Å². The molecular formula is C14H15NO5. The zero-order valence-corrected chi connectivity index (χ0v) is 11.4. The molecule has 1 heterocycles. The van der Waals surface area contributed by atoms with Gasteiger partial charge in [0, 0.05) is 5.39 Å². The van der Waals surface area contributed by atoms with Crippen LogP contribution in [0.4, 0.5) is 4.79 Å². The van der Waals surface area contributed by atoms with Gasteiger partial charge in [-0.15, -0.1) is 0 Å². The Bertz CT molecular complexity index is 693. The minimum absolute atomic E-state index is 0.288. The first-order valence-corrected chi connectivity index (χ1v) is 6.01. The number of aromatic hydroxyl groups is 1. The van der Waals surface area contributed by atoms with E-state index in [-0.39, 0.29) is 10.9 Å². The van der Waals surface area contributed by atoms with Gasteiger partial charge in [-0.05, 0) is 32.9 Å². The Hall–Kier alpha value is -2.50. The standard InChI is InChI=1S/C14H15NO5/c1-14(2,3)20-13(19)15-9-7-5-4-6-8(9)11(16)10(15)12(17)18/h4-7,16H,1-3H3,(H,17,18). The molecule has 6 nitrogen and oxygen atoms in total. The third-order valence-corrected chi connectivity index (χ3v) is 2.63. The van der Waals surface area contributed by atoms with E-state index in [0.29, 0.717) is 0 Å². The molecule has 0 aliphatic heterocycles. The number of aromatic nitrogens is 1. The Morgan fingerprint density at radius 2 is 1.80 bits per heavy atom. The highest BCUT2D eigenvalue weighted by atomic mass is 16.6. The van der Waals surface area contributed by atoms with E-state index in [0.717, 1.165) is 4.57 Å². The first kappa shape index (κ1) is 13.9. The van der Waals surface area contributed by atoms with Crippen molar-refractivity contribution in [1.82, 2.24) is 4.57 Å². The number of nitrogens with zero attached hydrogens (tertiary/aromatic N) is 1. The molecule has 0 radical (unpaired) electrons. The lowest BCUT2D eigenvalue weighted by Gasteiger charge is -2.20. The van der Waals surface area contributed by atoms with Gasteiger partial charge in [-0.25, -0.2) is 14.2 Å². The predicted molar refractivity (Wildman–Crippen MR) is 72.2 cm³/mol. The summed E-state index contributed by atoms with van der Waals surface area (Å²) >= 11 is 0. The number of benzene rings is 1. The summed E-state index contributed by atoms with van der Waals surface area (Å²) in [5.41, 5.74) is -0.981. The van der Waals surface area contributed by atoms with Gasteiger partial charge in [0.25, 0.3) is 0 Å². The third-order valence-electron chi connectivity index (χ3n) is 2.63. The summed E-state index contributed by atoms with van der Waals surface area (Å²) in [7, 11) is 0.